The molecule has 2 fully saturated rings. The summed E-state index contributed by atoms with van der Waals surface area (Å²) in [6, 6.07) is 0.554. The Morgan fingerprint density at radius 2 is 1.84 bits per heavy atom. The first-order valence-electron chi connectivity index (χ1n) is 7.47. The largest absolute Gasteiger partial charge is 0.337 e. The molecule has 0 atom stereocenters. The van der Waals surface area contributed by atoms with E-state index in [4.69, 9.17) is 0 Å². The van der Waals surface area contributed by atoms with Gasteiger partial charge in [-0.1, -0.05) is 31.4 Å². The van der Waals surface area contributed by atoms with E-state index in [9.17, 15) is 4.79 Å². The van der Waals surface area contributed by atoms with Crippen LogP contribution in [-0.2, 0) is 0 Å². The topological polar surface area (TPSA) is 32.3 Å². The Bertz CT molecular complexity index is 335. The van der Waals surface area contributed by atoms with Gasteiger partial charge in [0, 0.05) is 24.5 Å². The van der Waals surface area contributed by atoms with Crippen molar-refractivity contribution in [3.63, 3.8) is 0 Å². The maximum atomic E-state index is 12.2. The van der Waals surface area contributed by atoms with Crippen molar-refractivity contribution in [2.45, 2.75) is 51.0 Å². The van der Waals surface area contributed by atoms with E-state index >= 15 is 0 Å². The monoisotopic (exact) mass is 262 g/mol. The Labute approximate surface area is 116 Å². The molecule has 1 heterocycles. The number of allylic oxidation sites excluding steroid dienone is 2. The molecular formula is C16H26N2O. The number of amides is 2. The van der Waals surface area contributed by atoms with Crippen molar-refractivity contribution < 1.29 is 4.79 Å². The van der Waals surface area contributed by atoms with Gasteiger partial charge in [0.1, 0.15) is 0 Å². The van der Waals surface area contributed by atoms with E-state index in [1.807, 2.05) is 12.2 Å². The Hall–Kier alpha value is -1.25. The normalized spacial score (nSPS) is 23.8. The summed E-state index contributed by atoms with van der Waals surface area (Å²) in [5.41, 5.74) is 0.0921. The first kappa shape index (κ1) is 14.2. The fraction of sp³-hybridized carbons (Fsp3) is 0.688. The molecule has 0 unspecified atom stereocenters. The van der Waals surface area contributed by atoms with Gasteiger partial charge in [0.2, 0.25) is 0 Å². The Morgan fingerprint density at radius 1 is 1.21 bits per heavy atom. The second-order valence-electron chi connectivity index (χ2n) is 6.06. The van der Waals surface area contributed by atoms with Gasteiger partial charge < -0.3 is 10.2 Å². The van der Waals surface area contributed by atoms with E-state index in [0.29, 0.717) is 6.04 Å². The first-order chi connectivity index (χ1) is 9.21. The molecule has 0 aromatic carbocycles. The second kappa shape index (κ2) is 6.27. The van der Waals surface area contributed by atoms with Crippen LogP contribution >= 0.6 is 0 Å². The van der Waals surface area contributed by atoms with Crippen LogP contribution in [-0.4, -0.2) is 30.1 Å². The van der Waals surface area contributed by atoms with E-state index in [1.165, 1.54) is 19.3 Å². The lowest BCUT2D eigenvalue weighted by molar-refractivity contribution is 0.0815. The zero-order chi connectivity index (χ0) is 13.7. The molecule has 0 aromatic heterocycles. The van der Waals surface area contributed by atoms with E-state index < -0.39 is 0 Å². The van der Waals surface area contributed by atoms with Crippen LogP contribution in [0, 0.1) is 5.41 Å². The van der Waals surface area contributed by atoms with Gasteiger partial charge in [-0.25, -0.2) is 4.79 Å². The molecule has 1 saturated heterocycles. The van der Waals surface area contributed by atoms with Gasteiger partial charge in [-0.15, -0.1) is 13.2 Å². The van der Waals surface area contributed by atoms with Crippen LogP contribution in [0.3, 0.4) is 0 Å². The van der Waals surface area contributed by atoms with Crippen molar-refractivity contribution in [1.82, 2.24) is 10.2 Å². The summed E-state index contributed by atoms with van der Waals surface area (Å²) in [6.07, 6.45) is 12.0. The lowest BCUT2D eigenvalue weighted by Crippen LogP contribution is -2.59. The molecule has 106 valence electrons. The van der Waals surface area contributed by atoms with E-state index in [1.54, 1.807) is 0 Å². The number of hydrogen-bond acceptors (Lipinski definition) is 1. The molecular weight excluding hydrogens is 236 g/mol. The highest BCUT2D eigenvalue weighted by Crippen LogP contribution is 2.34. The lowest BCUT2D eigenvalue weighted by atomic mass is 9.78. The Morgan fingerprint density at radius 3 is 2.42 bits per heavy atom. The van der Waals surface area contributed by atoms with Crippen molar-refractivity contribution >= 4 is 6.03 Å². The van der Waals surface area contributed by atoms with Gasteiger partial charge in [-0.3, -0.25) is 0 Å². The lowest BCUT2D eigenvalue weighted by Gasteiger charge is -2.46. The van der Waals surface area contributed by atoms with Crippen molar-refractivity contribution in [1.29, 1.82) is 0 Å². The number of nitrogens with one attached hydrogen (secondary N) is 1. The zero-order valence-corrected chi connectivity index (χ0v) is 11.9. The van der Waals surface area contributed by atoms with Gasteiger partial charge in [0.05, 0.1) is 0 Å². The average molecular weight is 262 g/mol. The SMILES string of the molecule is C=CCC1(CC=C)CNC(=O)N(C2CCCCC2)C1. The van der Waals surface area contributed by atoms with Gasteiger partial charge in [-0.05, 0) is 25.7 Å². The molecule has 0 aromatic rings. The van der Waals surface area contributed by atoms with E-state index in [2.05, 4.69) is 23.4 Å². The molecule has 3 nitrogen and oxygen atoms in total. The van der Waals surface area contributed by atoms with E-state index in [0.717, 1.165) is 38.8 Å². The minimum absolute atomic E-state index is 0.0921. The number of rotatable bonds is 5. The summed E-state index contributed by atoms with van der Waals surface area (Å²) >= 11 is 0. The molecule has 1 aliphatic heterocycles. The molecule has 2 rings (SSSR count). The number of nitrogens with zero attached hydrogens (tertiary/aromatic N) is 1. The summed E-state index contributed by atoms with van der Waals surface area (Å²) in [5, 5.41) is 3.08. The van der Waals surface area contributed by atoms with E-state index in [-0.39, 0.29) is 11.4 Å². The van der Waals surface area contributed by atoms with Crippen LogP contribution in [0.2, 0.25) is 0 Å². The highest BCUT2D eigenvalue weighted by molar-refractivity contribution is 5.75. The third kappa shape index (κ3) is 3.20. The molecule has 0 bridgehead atoms. The van der Waals surface area contributed by atoms with Crippen LogP contribution in [0.1, 0.15) is 44.9 Å². The minimum atomic E-state index is 0.0921. The van der Waals surface area contributed by atoms with Gasteiger partial charge in [0.25, 0.3) is 0 Å². The third-order valence-corrected chi connectivity index (χ3v) is 4.55. The van der Waals surface area contributed by atoms with Crippen molar-refractivity contribution in [3.05, 3.63) is 25.3 Å². The van der Waals surface area contributed by atoms with Crippen LogP contribution in [0.25, 0.3) is 0 Å². The van der Waals surface area contributed by atoms with Gasteiger partial charge in [0.15, 0.2) is 0 Å². The smallest absolute Gasteiger partial charge is 0.317 e. The first-order valence-corrected chi connectivity index (χ1v) is 7.47. The molecule has 3 heteroatoms. The summed E-state index contributed by atoms with van der Waals surface area (Å²) in [4.78, 5) is 14.2. The molecule has 1 N–H and O–H groups in total. The minimum Gasteiger partial charge on any atom is -0.337 e. The van der Waals surface area contributed by atoms with Crippen LogP contribution in [0.15, 0.2) is 25.3 Å². The molecule has 19 heavy (non-hydrogen) atoms. The molecule has 2 amide bonds. The summed E-state index contributed by atoms with van der Waals surface area (Å²) in [5.74, 6) is 0. The van der Waals surface area contributed by atoms with Crippen LogP contribution in [0.4, 0.5) is 4.79 Å². The second-order valence-corrected chi connectivity index (χ2v) is 6.06. The maximum absolute atomic E-state index is 12.2. The van der Waals surface area contributed by atoms with Crippen LogP contribution < -0.4 is 5.32 Å². The number of hydrogen-bond donors (Lipinski definition) is 1. The molecule has 0 spiro atoms. The predicted molar refractivity (Wildman–Crippen MR) is 79.0 cm³/mol. The Balaban J connectivity index is 2.10. The highest BCUT2D eigenvalue weighted by Gasteiger charge is 2.39. The third-order valence-electron chi connectivity index (χ3n) is 4.55. The number of carbonyl (C=O) groups excluding carboxylic acids is 1. The van der Waals surface area contributed by atoms with Gasteiger partial charge >= 0.3 is 6.03 Å². The summed E-state index contributed by atoms with van der Waals surface area (Å²) < 4.78 is 0. The fourth-order valence-electron chi connectivity index (χ4n) is 3.51. The quantitative estimate of drug-likeness (QED) is 0.756. The average Bonchev–Trinajstić information content (AvgIpc) is 2.43. The molecule has 0 radical (unpaired) electrons. The number of urea groups is 1. The predicted octanol–water partition coefficient (Wildman–Crippen LogP) is 3.48. The highest BCUT2D eigenvalue weighted by atomic mass is 16.2. The van der Waals surface area contributed by atoms with Crippen molar-refractivity contribution in [2.24, 2.45) is 5.41 Å². The van der Waals surface area contributed by atoms with Crippen molar-refractivity contribution in [2.75, 3.05) is 13.1 Å². The Kier molecular flexibility index (Phi) is 4.67. The summed E-state index contributed by atoms with van der Waals surface area (Å²) in [6.45, 7) is 9.34. The fourth-order valence-corrected chi connectivity index (χ4v) is 3.51. The standard InChI is InChI=1S/C16H26N2O/c1-3-10-16(11-4-2)12-17-15(19)18(13-16)14-8-6-5-7-9-14/h3-4,14H,1-2,5-13H2,(H,17,19). The maximum Gasteiger partial charge on any atom is 0.317 e. The van der Waals surface area contributed by atoms with Crippen LogP contribution in [0.5, 0.6) is 0 Å². The molecule has 1 saturated carbocycles. The zero-order valence-electron chi connectivity index (χ0n) is 11.9. The number of carbonyl (C=O) groups is 1. The molecule has 2 aliphatic rings. The van der Waals surface area contributed by atoms with Gasteiger partial charge in [-0.2, -0.15) is 0 Å². The summed E-state index contributed by atoms with van der Waals surface area (Å²) in [7, 11) is 0. The molecule has 1 aliphatic carbocycles. The van der Waals surface area contributed by atoms with Crippen molar-refractivity contribution in [3.8, 4) is 0 Å².